The van der Waals surface area contributed by atoms with E-state index in [1.165, 1.54) is 0 Å². The van der Waals surface area contributed by atoms with Gasteiger partial charge in [0.1, 0.15) is 11.8 Å². The summed E-state index contributed by atoms with van der Waals surface area (Å²) < 4.78 is 6.70. The molecule has 0 saturated heterocycles. The first-order chi connectivity index (χ1) is 10.7. The van der Waals surface area contributed by atoms with Gasteiger partial charge in [-0.25, -0.2) is 0 Å². The third-order valence-corrected chi connectivity index (χ3v) is 3.31. The summed E-state index contributed by atoms with van der Waals surface area (Å²) in [6, 6.07) is 11.5. The summed E-state index contributed by atoms with van der Waals surface area (Å²) in [6.45, 7) is 3.09. The molecule has 2 rings (SSSR count). The molecule has 114 valence electrons. The average Bonchev–Trinajstić information content (AvgIpc) is 2.95. The summed E-state index contributed by atoms with van der Waals surface area (Å²) in [5.74, 6) is -0.251. The molecule has 1 amide bonds. The molecule has 1 aromatic heterocycles. The van der Waals surface area contributed by atoms with Gasteiger partial charge in [-0.1, -0.05) is 12.1 Å². The highest BCUT2D eigenvalue weighted by molar-refractivity contribution is 5.95. The lowest BCUT2D eigenvalue weighted by atomic mass is 10.2. The van der Waals surface area contributed by atoms with E-state index in [2.05, 4.69) is 11.4 Å². The highest BCUT2D eigenvalue weighted by atomic mass is 16.5. The molecule has 0 aliphatic heterocycles. The molecular formula is C17H19N3O2. The van der Waals surface area contributed by atoms with Gasteiger partial charge < -0.3 is 14.6 Å². The number of hydrogen-bond acceptors (Lipinski definition) is 3. The van der Waals surface area contributed by atoms with Crippen molar-refractivity contribution in [2.75, 3.05) is 20.3 Å². The Morgan fingerprint density at radius 1 is 1.41 bits per heavy atom. The van der Waals surface area contributed by atoms with Crippen LogP contribution in [0.3, 0.4) is 0 Å². The van der Waals surface area contributed by atoms with Gasteiger partial charge in [0, 0.05) is 32.1 Å². The lowest BCUT2D eigenvalue weighted by Crippen LogP contribution is -2.27. The standard InChI is InChI=1S/C17H19N3O2/c1-13-5-3-6-15(11-13)20-9-7-14(12-18)16(20)17(21)19-8-4-10-22-2/h3,5-7,9,11H,4,8,10H2,1-2H3,(H,19,21). The van der Waals surface area contributed by atoms with Gasteiger partial charge in [-0.2, -0.15) is 5.26 Å². The third-order valence-electron chi connectivity index (χ3n) is 3.31. The molecule has 0 aliphatic rings. The summed E-state index contributed by atoms with van der Waals surface area (Å²) in [6.07, 6.45) is 2.48. The summed E-state index contributed by atoms with van der Waals surface area (Å²) >= 11 is 0. The highest BCUT2D eigenvalue weighted by Gasteiger charge is 2.17. The van der Waals surface area contributed by atoms with E-state index in [1.54, 1.807) is 23.9 Å². The highest BCUT2D eigenvalue weighted by Crippen LogP contribution is 2.18. The molecule has 0 saturated carbocycles. The molecule has 0 spiro atoms. The normalized spacial score (nSPS) is 10.2. The topological polar surface area (TPSA) is 67.0 Å². The van der Waals surface area contributed by atoms with Crippen LogP contribution in [0.2, 0.25) is 0 Å². The number of hydrogen-bond donors (Lipinski definition) is 1. The number of aryl methyl sites for hydroxylation is 1. The van der Waals surface area contributed by atoms with Crippen molar-refractivity contribution in [3.8, 4) is 11.8 Å². The number of nitrogens with one attached hydrogen (secondary N) is 1. The monoisotopic (exact) mass is 297 g/mol. The van der Waals surface area contributed by atoms with Gasteiger partial charge in [-0.15, -0.1) is 0 Å². The Kier molecular flexibility index (Phi) is 5.34. The molecule has 0 radical (unpaired) electrons. The van der Waals surface area contributed by atoms with Gasteiger partial charge >= 0.3 is 0 Å². The number of nitrogens with zero attached hydrogens (tertiary/aromatic N) is 2. The Labute approximate surface area is 130 Å². The van der Waals surface area contributed by atoms with E-state index in [4.69, 9.17) is 4.74 Å². The first-order valence-electron chi connectivity index (χ1n) is 7.13. The van der Waals surface area contributed by atoms with Gasteiger partial charge in [-0.05, 0) is 37.1 Å². The predicted octanol–water partition coefficient (Wildman–Crippen LogP) is 2.42. The minimum atomic E-state index is -0.251. The van der Waals surface area contributed by atoms with Crippen molar-refractivity contribution in [3.63, 3.8) is 0 Å². The Morgan fingerprint density at radius 2 is 2.23 bits per heavy atom. The lowest BCUT2D eigenvalue weighted by Gasteiger charge is -2.11. The van der Waals surface area contributed by atoms with Crippen LogP contribution in [-0.2, 0) is 4.74 Å². The van der Waals surface area contributed by atoms with Crippen LogP contribution in [0.1, 0.15) is 28.0 Å². The molecule has 0 aliphatic carbocycles. The maximum atomic E-state index is 12.4. The molecule has 1 heterocycles. The largest absolute Gasteiger partial charge is 0.385 e. The van der Waals surface area contributed by atoms with E-state index in [-0.39, 0.29) is 5.91 Å². The van der Waals surface area contributed by atoms with E-state index in [9.17, 15) is 10.1 Å². The van der Waals surface area contributed by atoms with Crippen LogP contribution in [0.5, 0.6) is 0 Å². The molecule has 1 aromatic carbocycles. The smallest absolute Gasteiger partial charge is 0.269 e. The van der Waals surface area contributed by atoms with Gasteiger partial charge in [0.05, 0.1) is 5.56 Å². The second-order valence-corrected chi connectivity index (χ2v) is 5.00. The molecule has 22 heavy (non-hydrogen) atoms. The van der Waals surface area contributed by atoms with Gasteiger partial charge in [0.15, 0.2) is 0 Å². The number of aromatic nitrogens is 1. The molecule has 5 heteroatoms. The van der Waals surface area contributed by atoms with E-state index >= 15 is 0 Å². The fraction of sp³-hybridized carbons (Fsp3) is 0.294. The summed E-state index contributed by atoms with van der Waals surface area (Å²) in [5, 5.41) is 12.1. The molecule has 5 nitrogen and oxygen atoms in total. The SMILES string of the molecule is COCCCNC(=O)c1c(C#N)ccn1-c1cccc(C)c1. The second-order valence-electron chi connectivity index (χ2n) is 5.00. The van der Waals surface area contributed by atoms with E-state index in [0.717, 1.165) is 17.7 Å². The summed E-state index contributed by atoms with van der Waals surface area (Å²) in [5.41, 5.74) is 2.69. The van der Waals surface area contributed by atoms with E-state index < -0.39 is 0 Å². The fourth-order valence-corrected chi connectivity index (χ4v) is 2.25. The molecule has 0 bridgehead atoms. The van der Waals surface area contributed by atoms with Crippen molar-refractivity contribution >= 4 is 5.91 Å². The number of carbonyl (C=O) groups is 1. The Hall–Kier alpha value is -2.58. The summed E-state index contributed by atoms with van der Waals surface area (Å²) in [4.78, 5) is 12.4. The zero-order chi connectivity index (χ0) is 15.9. The Balaban J connectivity index is 2.28. The number of rotatable bonds is 6. The van der Waals surface area contributed by atoms with Gasteiger partial charge in [0.25, 0.3) is 5.91 Å². The first-order valence-corrected chi connectivity index (χ1v) is 7.13. The van der Waals surface area contributed by atoms with Crippen molar-refractivity contribution in [3.05, 3.63) is 53.3 Å². The quantitative estimate of drug-likeness (QED) is 0.833. The van der Waals surface area contributed by atoms with Crippen molar-refractivity contribution < 1.29 is 9.53 Å². The average molecular weight is 297 g/mol. The van der Waals surface area contributed by atoms with Crippen molar-refractivity contribution in [2.45, 2.75) is 13.3 Å². The fourth-order valence-electron chi connectivity index (χ4n) is 2.25. The first kappa shape index (κ1) is 15.8. The van der Waals surface area contributed by atoms with Crippen LogP contribution in [0.25, 0.3) is 5.69 Å². The maximum Gasteiger partial charge on any atom is 0.269 e. The van der Waals surface area contributed by atoms with Crippen LogP contribution < -0.4 is 5.32 Å². The molecular weight excluding hydrogens is 278 g/mol. The Bertz CT molecular complexity index is 698. The van der Waals surface area contributed by atoms with Crippen molar-refractivity contribution in [1.82, 2.24) is 9.88 Å². The number of methoxy groups -OCH3 is 1. The molecule has 1 N–H and O–H groups in total. The van der Waals surface area contributed by atoms with Crippen LogP contribution in [0.15, 0.2) is 36.5 Å². The van der Waals surface area contributed by atoms with Gasteiger partial charge in [0.2, 0.25) is 0 Å². The maximum absolute atomic E-state index is 12.4. The third kappa shape index (κ3) is 3.54. The molecule has 0 fully saturated rings. The molecule has 0 atom stereocenters. The van der Waals surface area contributed by atoms with Crippen molar-refractivity contribution in [1.29, 1.82) is 5.26 Å². The van der Waals surface area contributed by atoms with E-state index in [1.807, 2.05) is 31.2 Å². The van der Waals surface area contributed by atoms with Crippen LogP contribution in [0, 0.1) is 18.3 Å². The number of ether oxygens (including phenoxy) is 1. The van der Waals surface area contributed by atoms with Gasteiger partial charge in [-0.3, -0.25) is 4.79 Å². The zero-order valence-electron chi connectivity index (χ0n) is 12.8. The number of amides is 1. The zero-order valence-corrected chi connectivity index (χ0v) is 12.8. The number of nitriles is 1. The predicted molar refractivity (Wildman–Crippen MR) is 84.0 cm³/mol. The van der Waals surface area contributed by atoms with Crippen molar-refractivity contribution in [2.24, 2.45) is 0 Å². The molecule has 2 aromatic rings. The summed E-state index contributed by atoms with van der Waals surface area (Å²) in [7, 11) is 1.62. The second kappa shape index (κ2) is 7.43. The van der Waals surface area contributed by atoms with Crippen LogP contribution in [-0.4, -0.2) is 30.7 Å². The minimum Gasteiger partial charge on any atom is -0.385 e. The van der Waals surface area contributed by atoms with Crippen LogP contribution in [0.4, 0.5) is 0 Å². The number of benzene rings is 1. The number of carbonyl (C=O) groups excluding carboxylic acids is 1. The lowest BCUT2D eigenvalue weighted by molar-refractivity contribution is 0.0941. The van der Waals surface area contributed by atoms with Crippen LogP contribution >= 0.6 is 0 Å². The Morgan fingerprint density at radius 3 is 2.91 bits per heavy atom. The molecule has 0 unspecified atom stereocenters. The van der Waals surface area contributed by atoms with E-state index in [0.29, 0.717) is 24.4 Å². The minimum absolute atomic E-state index is 0.251.